The van der Waals surface area contributed by atoms with E-state index in [1.54, 1.807) is 45.0 Å². The number of amides is 3. The molecule has 23 heteroatoms. The molecule has 3 amide bonds. The summed E-state index contributed by atoms with van der Waals surface area (Å²) >= 11 is 3.25. The maximum atomic E-state index is 13.5. The summed E-state index contributed by atoms with van der Waals surface area (Å²) in [7, 11) is 0. The van der Waals surface area contributed by atoms with Crippen LogP contribution in [0.4, 0.5) is 9.93 Å². The molecular weight excluding hydrogens is 767 g/mol. The van der Waals surface area contributed by atoms with E-state index in [4.69, 9.17) is 20.0 Å². The van der Waals surface area contributed by atoms with Crippen LogP contribution in [0.5, 0.6) is 0 Å². The average molecular weight is 804 g/mol. The number of rotatable bonds is 16. The predicted octanol–water partition coefficient (Wildman–Crippen LogP) is 1.41. The Kier molecular flexibility index (Phi) is 13.1. The van der Waals surface area contributed by atoms with Gasteiger partial charge in [-0.3, -0.25) is 14.5 Å². The van der Waals surface area contributed by atoms with Gasteiger partial charge in [-0.1, -0.05) is 47.2 Å². The van der Waals surface area contributed by atoms with E-state index in [9.17, 15) is 29.1 Å². The van der Waals surface area contributed by atoms with Crippen molar-refractivity contribution < 1.29 is 43.4 Å². The van der Waals surface area contributed by atoms with Gasteiger partial charge in [0.05, 0.1) is 0 Å². The molecule has 5 rings (SSSR count). The lowest BCUT2D eigenvalue weighted by Gasteiger charge is -2.49. The molecule has 54 heavy (non-hydrogen) atoms. The van der Waals surface area contributed by atoms with Crippen molar-refractivity contribution in [1.82, 2.24) is 45.1 Å². The number of thioether (sulfide) groups is 2. The van der Waals surface area contributed by atoms with E-state index in [-0.39, 0.29) is 34.8 Å². The Balaban J connectivity index is 1.19. The molecule has 2 aliphatic rings. The van der Waals surface area contributed by atoms with Crippen LogP contribution in [0.2, 0.25) is 0 Å². The molecule has 1 saturated heterocycles. The first-order valence-corrected chi connectivity index (χ1v) is 19.1. The number of carbonyl (C=O) groups is 5. The van der Waals surface area contributed by atoms with Crippen LogP contribution in [0, 0.1) is 0 Å². The van der Waals surface area contributed by atoms with Crippen LogP contribution >= 0.6 is 35.1 Å². The number of carbonyl (C=O) groups excluding carboxylic acids is 4. The fourth-order valence-corrected chi connectivity index (χ4v) is 7.69. The van der Waals surface area contributed by atoms with E-state index >= 15 is 0 Å². The summed E-state index contributed by atoms with van der Waals surface area (Å²) in [5.41, 5.74) is 5.67. The van der Waals surface area contributed by atoms with E-state index < -0.39 is 58.7 Å². The van der Waals surface area contributed by atoms with Gasteiger partial charge in [0.1, 0.15) is 29.3 Å². The van der Waals surface area contributed by atoms with Crippen molar-refractivity contribution in [1.29, 1.82) is 0 Å². The summed E-state index contributed by atoms with van der Waals surface area (Å²) in [6.45, 7) is 7.36. The largest absolute Gasteiger partial charge is 0.477 e. The van der Waals surface area contributed by atoms with Gasteiger partial charge in [0.15, 0.2) is 5.13 Å². The lowest BCUT2D eigenvalue weighted by atomic mass is 10.0. The molecule has 4 heterocycles. The molecule has 20 nitrogen and oxygen atoms in total. The minimum atomic E-state index is -1.31. The van der Waals surface area contributed by atoms with Crippen molar-refractivity contribution in [2.24, 2.45) is 5.16 Å². The number of hydrogen-bond acceptors (Lipinski definition) is 18. The van der Waals surface area contributed by atoms with E-state index in [0.717, 1.165) is 22.0 Å². The summed E-state index contributed by atoms with van der Waals surface area (Å²) in [4.78, 5) is 74.2. The molecule has 3 atom stereocenters. The summed E-state index contributed by atoms with van der Waals surface area (Å²) in [6.07, 6.45) is -1.27. The normalized spacial score (nSPS) is 17.6. The number of aryl methyl sites for hydroxylation is 1. The molecule has 0 aliphatic carbocycles. The Labute approximate surface area is 320 Å². The fourth-order valence-electron chi connectivity index (χ4n) is 4.87. The minimum absolute atomic E-state index is 0.00338. The van der Waals surface area contributed by atoms with Gasteiger partial charge in [-0.05, 0) is 55.7 Å². The van der Waals surface area contributed by atoms with Gasteiger partial charge in [-0.2, -0.15) is 9.36 Å². The van der Waals surface area contributed by atoms with Gasteiger partial charge >= 0.3 is 18.0 Å². The third-order valence-electron chi connectivity index (χ3n) is 7.35. The van der Waals surface area contributed by atoms with Gasteiger partial charge in [-0.25, -0.2) is 19.1 Å². The van der Waals surface area contributed by atoms with Crippen LogP contribution in [-0.4, -0.2) is 116 Å². The smallest absolute Gasteiger partial charge is 0.407 e. The van der Waals surface area contributed by atoms with Gasteiger partial charge in [0.2, 0.25) is 22.8 Å². The molecule has 1 aromatic carbocycles. The number of tetrazole rings is 1. The van der Waals surface area contributed by atoms with Crippen LogP contribution in [0.3, 0.4) is 0 Å². The second-order valence-electron chi connectivity index (χ2n) is 12.6. The Morgan fingerprint density at radius 3 is 2.65 bits per heavy atom. The maximum Gasteiger partial charge on any atom is 0.407 e. The number of alkyl carbamates (subject to hydrolysis) is 1. The number of nitrogens with two attached hydrogens (primary N) is 1. The summed E-state index contributed by atoms with van der Waals surface area (Å²) < 4.78 is 16.0. The highest BCUT2D eigenvalue weighted by Gasteiger charge is 2.54. The maximum absolute atomic E-state index is 13.5. The van der Waals surface area contributed by atoms with Crippen molar-refractivity contribution in [3.05, 3.63) is 53.0 Å². The Morgan fingerprint density at radius 2 is 1.96 bits per heavy atom. The van der Waals surface area contributed by atoms with Crippen LogP contribution in [-0.2, 0) is 46.6 Å². The monoisotopic (exact) mass is 803 g/mol. The third kappa shape index (κ3) is 10.2. The number of nitrogens with one attached hydrogen (secondary N) is 2. The molecule has 1 fully saturated rings. The van der Waals surface area contributed by atoms with E-state index in [2.05, 4.69) is 40.7 Å². The molecular formula is C31H37N11O9S3. The van der Waals surface area contributed by atoms with Crippen LogP contribution in [0.1, 0.15) is 45.5 Å². The van der Waals surface area contributed by atoms with Crippen molar-refractivity contribution in [3.63, 3.8) is 0 Å². The number of ether oxygens (including phenoxy) is 2. The molecule has 2 aliphatic heterocycles. The topological polar surface area (TPSA) is 268 Å². The van der Waals surface area contributed by atoms with E-state index in [0.29, 0.717) is 30.2 Å². The van der Waals surface area contributed by atoms with Crippen molar-refractivity contribution >= 4 is 75.7 Å². The lowest BCUT2D eigenvalue weighted by Crippen LogP contribution is -2.71. The first-order chi connectivity index (χ1) is 25.7. The van der Waals surface area contributed by atoms with Crippen LogP contribution in [0.15, 0.2) is 51.9 Å². The third-order valence-corrected chi connectivity index (χ3v) is 10.3. The number of hydrogen-bond donors (Lipinski definition) is 4. The molecule has 0 saturated carbocycles. The molecule has 0 radical (unpaired) electrons. The fraction of sp³-hybridized carbons (Fsp3) is 0.452. The number of esters is 1. The molecule has 5 N–H and O–H groups in total. The number of nitrogens with zero attached hydrogens (tertiary/aromatic N) is 8. The van der Waals surface area contributed by atoms with E-state index in [1.807, 2.05) is 6.07 Å². The molecule has 3 aromatic rings. The highest BCUT2D eigenvalue weighted by atomic mass is 32.2. The molecule has 288 valence electrons. The zero-order chi connectivity index (χ0) is 39.0. The Morgan fingerprint density at radius 1 is 1.20 bits per heavy atom. The van der Waals surface area contributed by atoms with Crippen LogP contribution in [0.25, 0.3) is 0 Å². The second-order valence-corrected chi connectivity index (χ2v) is 15.4. The molecule has 0 bridgehead atoms. The number of aliphatic carboxylic acids is 1. The first-order valence-electron chi connectivity index (χ1n) is 16.3. The standard InChI is InChI=1S/C31H37N11O9S3/c1-16(27(47)49-13-17-9-6-5-7-10-17)51-37-19(22-35-28(32)54-38-22)23(43)34-20-24(44)42-21(26(45)46)18(14-52-25(20)42)15-53-29-36-39-40-41(29)12-8-11-33-30(48)50-31(2,3)4/h5-7,9-10,16,20,25H,8,11-15H2,1-4H3,(H,33,48)(H,34,43)(H,45,46)(H2,32,35,38)/t16?,20?,25-/m1/s1. The van der Waals surface area contributed by atoms with E-state index in [1.165, 1.54) is 35.1 Å². The van der Waals surface area contributed by atoms with Crippen molar-refractivity contribution in [3.8, 4) is 0 Å². The summed E-state index contributed by atoms with van der Waals surface area (Å²) in [6, 6.07) is 7.87. The SMILES string of the molecule is CC(ON=C(C(=O)NC1C(=O)N2C(C(=O)O)=C(CSc3nnnn3CCCNC(=O)OC(C)(C)C)CS[C@H]12)c1nsc(N)n1)C(=O)OCc1ccccc1. The number of oxime groups is 1. The number of nitrogen functional groups attached to an aromatic ring is 1. The number of anilines is 1. The average Bonchev–Trinajstić information content (AvgIpc) is 3.77. The zero-order valence-electron chi connectivity index (χ0n) is 29.5. The van der Waals surface area contributed by atoms with Gasteiger partial charge in [-0.15, -0.1) is 16.9 Å². The number of carboxylic acid groups (broad SMARTS) is 1. The van der Waals surface area contributed by atoms with Gasteiger partial charge in [0.25, 0.3) is 11.8 Å². The quantitative estimate of drug-likeness (QED) is 0.0398. The predicted molar refractivity (Wildman–Crippen MR) is 195 cm³/mol. The number of aromatic nitrogens is 6. The number of β-lactam (4-membered cyclic amide) rings is 1. The highest BCUT2D eigenvalue weighted by Crippen LogP contribution is 2.41. The van der Waals surface area contributed by atoms with Gasteiger partial charge in [0, 0.05) is 36.1 Å². The molecule has 2 aromatic heterocycles. The number of carboxylic acids is 1. The second kappa shape index (κ2) is 17.7. The molecule has 0 spiro atoms. The minimum Gasteiger partial charge on any atom is -0.477 e. The van der Waals surface area contributed by atoms with Crippen LogP contribution < -0.4 is 16.4 Å². The zero-order valence-corrected chi connectivity index (χ0v) is 31.9. The van der Waals surface area contributed by atoms with Crippen molar-refractivity contribution in [2.45, 2.75) is 75.5 Å². The first kappa shape index (κ1) is 39.9. The van der Waals surface area contributed by atoms with Gasteiger partial charge < -0.3 is 35.8 Å². The Bertz CT molecular complexity index is 1930. The highest BCUT2D eigenvalue weighted by molar-refractivity contribution is 8.01. The Hall–Kier alpha value is -5.29. The summed E-state index contributed by atoms with van der Waals surface area (Å²) in [5, 5.41) is 30.6. The number of fused-ring (bicyclic) bond motifs is 1. The number of benzene rings is 1. The van der Waals surface area contributed by atoms with Crippen molar-refractivity contribution in [2.75, 3.05) is 23.8 Å². The summed E-state index contributed by atoms with van der Waals surface area (Å²) in [5.74, 6) is -3.44. The lowest BCUT2D eigenvalue weighted by molar-refractivity contribution is -0.157. The molecule has 2 unspecified atom stereocenters.